The minimum Gasteiger partial charge on any atom is -0.390 e. The van der Waals surface area contributed by atoms with Crippen LogP contribution in [0.5, 0.6) is 0 Å². The topological polar surface area (TPSA) is 66.9 Å². The Morgan fingerprint density at radius 3 is 2.89 bits per heavy atom. The normalized spacial score (nSPS) is 34.3. The molecular formula is C21H33N3O3. The molecule has 0 spiro atoms. The SMILES string of the molecule is CN(CCc1ccccn1)[C@H]1[C@@H]2OC[C@@H](O2)[C@@H](NCC2CCCCC2)[C@@H]1O. The first-order valence-corrected chi connectivity index (χ1v) is 10.5. The van der Waals surface area contributed by atoms with Gasteiger partial charge in [-0.05, 0) is 44.5 Å². The van der Waals surface area contributed by atoms with Crippen LogP contribution in [0.1, 0.15) is 37.8 Å². The minimum atomic E-state index is -0.492. The van der Waals surface area contributed by atoms with E-state index in [0.717, 1.165) is 31.1 Å². The summed E-state index contributed by atoms with van der Waals surface area (Å²) >= 11 is 0. The zero-order valence-electron chi connectivity index (χ0n) is 16.3. The number of aliphatic hydroxyl groups is 1. The molecule has 1 aromatic rings. The van der Waals surface area contributed by atoms with E-state index < -0.39 is 6.10 Å². The van der Waals surface area contributed by atoms with Gasteiger partial charge in [0.05, 0.1) is 24.8 Å². The monoisotopic (exact) mass is 375 g/mol. The quantitative estimate of drug-likeness (QED) is 0.754. The molecule has 3 fully saturated rings. The van der Waals surface area contributed by atoms with Gasteiger partial charge in [-0.15, -0.1) is 0 Å². The molecule has 3 aliphatic rings. The van der Waals surface area contributed by atoms with Gasteiger partial charge in [0, 0.05) is 24.9 Å². The molecule has 2 N–H and O–H groups in total. The summed E-state index contributed by atoms with van der Waals surface area (Å²) in [5.41, 5.74) is 1.06. The molecule has 2 saturated heterocycles. The second-order valence-corrected chi connectivity index (χ2v) is 8.35. The maximum absolute atomic E-state index is 11.1. The van der Waals surface area contributed by atoms with Crippen LogP contribution in [0, 0.1) is 5.92 Å². The van der Waals surface area contributed by atoms with Crippen molar-refractivity contribution in [1.29, 1.82) is 0 Å². The Labute approximate surface area is 162 Å². The number of hydrogen-bond donors (Lipinski definition) is 2. The lowest BCUT2D eigenvalue weighted by atomic mass is 9.88. The predicted octanol–water partition coefficient (Wildman–Crippen LogP) is 1.58. The Morgan fingerprint density at radius 1 is 1.26 bits per heavy atom. The molecule has 0 aromatic carbocycles. The molecule has 6 nitrogen and oxygen atoms in total. The van der Waals surface area contributed by atoms with Gasteiger partial charge in [-0.25, -0.2) is 0 Å². The first-order chi connectivity index (χ1) is 13.2. The van der Waals surface area contributed by atoms with Crippen LogP contribution in [0.3, 0.4) is 0 Å². The molecule has 0 amide bonds. The molecule has 1 saturated carbocycles. The van der Waals surface area contributed by atoms with Crippen LogP contribution >= 0.6 is 0 Å². The van der Waals surface area contributed by atoms with Crippen molar-refractivity contribution in [2.75, 3.05) is 26.7 Å². The Kier molecular flexibility index (Phi) is 6.40. The smallest absolute Gasteiger partial charge is 0.176 e. The Balaban J connectivity index is 1.35. The number of fused-ring (bicyclic) bond motifs is 2. The molecule has 27 heavy (non-hydrogen) atoms. The number of nitrogens with zero attached hydrogens (tertiary/aromatic N) is 2. The van der Waals surface area contributed by atoms with Crippen molar-refractivity contribution in [3.05, 3.63) is 30.1 Å². The van der Waals surface area contributed by atoms with Crippen LogP contribution in [0.2, 0.25) is 0 Å². The van der Waals surface area contributed by atoms with Gasteiger partial charge >= 0.3 is 0 Å². The summed E-state index contributed by atoms with van der Waals surface area (Å²) in [6.45, 7) is 2.34. The number of rotatable bonds is 7. The zero-order valence-corrected chi connectivity index (χ0v) is 16.3. The van der Waals surface area contributed by atoms with E-state index in [1.54, 1.807) is 0 Å². The first kappa shape index (κ1) is 19.3. The molecule has 3 heterocycles. The summed E-state index contributed by atoms with van der Waals surface area (Å²) in [5.74, 6) is 0.728. The van der Waals surface area contributed by atoms with Crippen LogP contribution in [-0.2, 0) is 15.9 Å². The standard InChI is InChI=1S/C21H33N3O3/c1-24(12-10-16-9-5-6-11-22-16)19-20(25)18(17-14-26-21(19)27-17)23-13-15-7-3-2-4-8-15/h5-6,9,11,15,17-21,23,25H,2-4,7-8,10,12-14H2,1H3/t17-,18-,19-,20+,21-/m1/s1. The molecule has 5 atom stereocenters. The van der Waals surface area contributed by atoms with Crippen molar-refractivity contribution in [1.82, 2.24) is 15.2 Å². The Hall–Kier alpha value is -1.05. The Morgan fingerprint density at radius 2 is 2.11 bits per heavy atom. The van der Waals surface area contributed by atoms with Crippen molar-refractivity contribution < 1.29 is 14.6 Å². The summed E-state index contributed by atoms with van der Waals surface area (Å²) < 4.78 is 12.0. The van der Waals surface area contributed by atoms with Crippen LogP contribution < -0.4 is 5.32 Å². The van der Waals surface area contributed by atoms with Gasteiger partial charge in [0.15, 0.2) is 6.29 Å². The fourth-order valence-corrected chi connectivity index (χ4v) is 4.80. The summed E-state index contributed by atoms with van der Waals surface area (Å²) in [4.78, 5) is 6.56. The fraction of sp³-hybridized carbons (Fsp3) is 0.762. The largest absolute Gasteiger partial charge is 0.390 e. The zero-order chi connectivity index (χ0) is 18.6. The van der Waals surface area contributed by atoms with Gasteiger partial charge in [-0.3, -0.25) is 9.88 Å². The molecule has 1 aromatic heterocycles. The van der Waals surface area contributed by atoms with E-state index in [4.69, 9.17) is 9.47 Å². The van der Waals surface area contributed by atoms with E-state index >= 15 is 0 Å². The first-order valence-electron chi connectivity index (χ1n) is 10.5. The third kappa shape index (κ3) is 4.51. The van der Waals surface area contributed by atoms with Gasteiger partial charge < -0.3 is 19.9 Å². The van der Waals surface area contributed by atoms with E-state index in [0.29, 0.717) is 6.61 Å². The number of ether oxygens (including phenoxy) is 2. The average Bonchev–Trinajstić information content (AvgIpc) is 3.13. The molecule has 0 radical (unpaired) electrons. The van der Waals surface area contributed by atoms with Crippen molar-refractivity contribution in [3.63, 3.8) is 0 Å². The van der Waals surface area contributed by atoms with E-state index in [2.05, 4.69) is 15.2 Å². The number of pyridine rings is 1. The molecule has 0 unspecified atom stereocenters. The average molecular weight is 376 g/mol. The third-order valence-corrected chi connectivity index (χ3v) is 6.45. The maximum atomic E-state index is 11.1. The molecule has 1 aliphatic carbocycles. The minimum absolute atomic E-state index is 0.0472. The van der Waals surface area contributed by atoms with Crippen LogP contribution in [-0.4, -0.2) is 72.3 Å². The van der Waals surface area contributed by atoms with Crippen LogP contribution in [0.15, 0.2) is 24.4 Å². The number of nitrogens with one attached hydrogen (secondary N) is 1. The lowest BCUT2D eigenvalue weighted by molar-refractivity contribution is -0.178. The summed E-state index contributed by atoms with van der Waals surface area (Å²) in [6, 6.07) is 5.76. The number of likely N-dealkylation sites (N-methyl/N-ethyl adjacent to an activating group) is 1. The van der Waals surface area contributed by atoms with E-state index in [-0.39, 0.29) is 24.5 Å². The van der Waals surface area contributed by atoms with Crippen LogP contribution in [0.4, 0.5) is 0 Å². The number of aromatic nitrogens is 1. The second kappa shape index (κ2) is 8.97. The molecular weight excluding hydrogens is 342 g/mol. The predicted molar refractivity (Wildman–Crippen MR) is 103 cm³/mol. The maximum Gasteiger partial charge on any atom is 0.176 e. The second-order valence-electron chi connectivity index (χ2n) is 8.35. The highest BCUT2D eigenvalue weighted by molar-refractivity contribution is 5.05. The van der Waals surface area contributed by atoms with Gasteiger partial charge in [0.2, 0.25) is 0 Å². The van der Waals surface area contributed by atoms with Crippen molar-refractivity contribution in [3.8, 4) is 0 Å². The van der Waals surface area contributed by atoms with Crippen LogP contribution in [0.25, 0.3) is 0 Å². The molecule has 4 rings (SSSR count). The molecule has 150 valence electrons. The molecule has 2 bridgehead atoms. The lowest BCUT2D eigenvalue weighted by Crippen LogP contribution is -2.64. The number of aliphatic hydroxyl groups excluding tert-OH is 1. The highest BCUT2D eigenvalue weighted by atomic mass is 16.7. The van der Waals surface area contributed by atoms with E-state index in [1.165, 1.54) is 32.1 Å². The Bertz CT molecular complexity index is 581. The summed E-state index contributed by atoms with van der Waals surface area (Å²) in [5, 5.41) is 14.8. The third-order valence-electron chi connectivity index (χ3n) is 6.45. The van der Waals surface area contributed by atoms with E-state index in [1.807, 2.05) is 31.4 Å². The summed E-state index contributed by atoms with van der Waals surface area (Å²) in [6.07, 6.45) is 8.43. The highest BCUT2D eigenvalue weighted by Gasteiger charge is 2.51. The lowest BCUT2D eigenvalue weighted by Gasteiger charge is -2.43. The fourth-order valence-electron chi connectivity index (χ4n) is 4.80. The molecule has 6 heteroatoms. The number of hydrogen-bond acceptors (Lipinski definition) is 6. The summed E-state index contributed by atoms with van der Waals surface area (Å²) in [7, 11) is 2.04. The molecule has 2 aliphatic heterocycles. The van der Waals surface area contributed by atoms with Gasteiger partial charge in [0.25, 0.3) is 0 Å². The highest BCUT2D eigenvalue weighted by Crippen LogP contribution is 2.31. The van der Waals surface area contributed by atoms with Crippen molar-refractivity contribution in [2.45, 2.75) is 69.1 Å². The van der Waals surface area contributed by atoms with E-state index in [9.17, 15) is 5.11 Å². The van der Waals surface area contributed by atoms with Gasteiger partial charge in [-0.2, -0.15) is 0 Å². The van der Waals surface area contributed by atoms with Gasteiger partial charge in [-0.1, -0.05) is 25.3 Å². The van der Waals surface area contributed by atoms with Crippen molar-refractivity contribution >= 4 is 0 Å². The van der Waals surface area contributed by atoms with Crippen molar-refractivity contribution in [2.24, 2.45) is 5.92 Å². The van der Waals surface area contributed by atoms with Gasteiger partial charge in [0.1, 0.15) is 6.10 Å².